The van der Waals surface area contributed by atoms with Crippen molar-refractivity contribution in [3.63, 3.8) is 0 Å². The summed E-state index contributed by atoms with van der Waals surface area (Å²) in [6, 6.07) is 17.1. The number of anilines is 1. The summed E-state index contributed by atoms with van der Waals surface area (Å²) in [5.41, 5.74) is 7.93. The van der Waals surface area contributed by atoms with E-state index in [1.165, 1.54) is 6.07 Å². The van der Waals surface area contributed by atoms with Crippen molar-refractivity contribution in [3.05, 3.63) is 78.0 Å². The molecule has 1 saturated heterocycles. The number of hydrogen-bond donors (Lipinski definition) is 2. The van der Waals surface area contributed by atoms with Crippen LogP contribution in [0.3, 0.4) is 0 Å². The maximum Gasteiger partial charge on any atom is 0.417 e. The minimum Gasteiger partial charge on any atom is -0.377 e. The lowest BCUT2D eigenvalue weighted by Crippen LogP contribution is -2.54. The molecular weight excluding hydrogens is 503 g/mol. The fourth-order valence-electron chi connectivity index (χ4n) is 4.90. The van der Waals surface area contributed by atoms with Gasteiger partial charge in [0.05, 0.1) is 34.5 Å². The summed E-state index contributed by atoms with van der Waals surface area (Å²) >= 11 is 0. The van der Waals surface area contributed by atoms with Crippen molar-refractivity contribution in [1.29, 1.82) is 0 Å². The molecule has 196 valence electrons. The molecule has 0 radical (unpaired) electrons. The summed E-state index contributed by atoms with van der Waals surface area (Å²) in [4.78, 5) is 4.14. The fourth-order valence-corrected chi connectivity index (χ4v) is 6.69. The minimum atomic E-state index is -4.43. The van der Waals surface area contributed by atoms with Crippen LogP contribution in [0.4, 0.5) is 19.0 Å². The summed E-state index contributed by atoms with van der Waals surface area (Å²) in [5, 5.41) is 2.63. The molecule has 10 heteroatoms. The number of alkyl halides is 3. The molecular formula is C27H28F3N3O3S. The maximum atomic E-state index is 13.3. The number of nitrogens with zero attached hydrogens (tertiary/aromatic N) is 1. The van der Waals surface area contributed by atoms with Gasteiger partial charge < -0.3 is 15.8 Å². The van der Waals surface area contributed by atoms with Gasteiger partial charge in [0.2, 0.25) is 0 Å². The predicted octanol–water partition coefficient (Wildman–Crippen LogP) is 5.15. The Morgan fingerprint density at radius 2 is 1.65 bits per heavy atom. The molecule has 2 aliphatic rings. The van der Waals surface area contributed by atoms with Crippen LogP contribution in [0.15, 0.2) is 71.8 Å². The summed E-state index contributed by atoms with van der Waals surface area (Å²) in [6.07, 6.45) is -1.53. The van der Waals surface area contributed by atoms with Gasteiger partial charge in [-0.25, -0.2) is 13.4 Å². The Balaban J connectivity index is 1.21. The number of hydrogen-bond acceptors (Lipinski definition) is 6. The molecule has 1 aromatic heterocycles. The average molecular weight is 532 g/mol. The number of aromatic nitrogens is 1. The Hall–Kier alpha value is -2.95. The first-order valence-corrected chi connectivity index (χ1v) is 13.7. The molecule has 6 nitrogen and oxygen atoms in total. The van der Waals surface area contributed by atoms with E-state index in [4.69, 9.17) is 10.5 Å². The van der Waals surface area contributed by atoms with E-state index in [9.17, 15) is 21.6 Å². The molecule has 2 aromatic carbocycles. The summed E-state index contributed by atoms with van der Waals surface area (Å²) < 4.78 is 70.0. The molecule has 1 saturated carbocycles. The third-order valence-electron chi connectivity index (χ3n) is 7.23. The highest BCUT2D eigenvalue weighted by Crippen LogP contribution is 2.34. The highest BCUT2D eigenvalue weighted by Gasteiger charge is 2.36. The molecule has 0 bridgehead atoms. The van der Waals surface area contributed by atoms with Crippen LogP contribution in [-0.2, 0) is 26.3 Å². The third-order valence-corrected chi connectivity index (χ3v) is 9.51. The van der Waals surface area contributed by atoms with Gasteiger partial charge in [-0.3, -0.25) is 0 Å². The molecule has 3 N–H and O–H groups in total. The first-order chi connectivity index (χ1) is 17.5. The first kappa shape index (κ1) is 25.7. The highest BCUT2D eigenvalue weighted by atomic mass is 32.2. The van der Waals surface area contributed by atoms with E-state index in [-0.39, 0.29) is 10.9 Å². The van der Waals surface area contributed by atoms with Gasteiger partial charge in [-0.1, -0.05) is 30.3 Å². The number of benzene rings is 2. The predicted molar refractivity (Wildman–Crippen MR) is 135 cm³/mol. The molecule has 5 rings (SSSR count). The molecule has 2 heterocycles. The number of nitrogens with two attached hydrogens (primary N) is 1. The fraction of sp³-hybridized carbons (Fsp3) is 0.370. The van der Waals surface area contributed by atoms with Crippen LogP contribution in [0.5, 0.6) is 0 Å². The molecule has 0 atom stereocenters. The highest BCUT2D eigenvalue weighted by molar-refractivity contribution is 7.92. The van der Waals surface area contributed by atoms with Crippen LogP contribution >= 0.6 is 0 Å². The van der Waals surface area contributed by atoms with Crippen molar-refractivity contribution in [1.82, 2.24) is 4.98 Å². The lowest BCUT2D eigenvalue weighted by atomic mass is 9.87. The van der Waals surface area contributed by atoms with E-state index in [1.807, 2.05) is 36.4 Å². The Labute approximate surface area is 214 Å². The molecule has 0 unspecified atom stereocenters. The van der Waals surface area contributed by atoms with Crippen molar-refractivity contribution in [3.8, 4) is 11.1 Å². The van der Waals surface area contributed by atoms with Gasteiger partial charge in [0.25, 0.3) is 0 Å². The second-order valence-electron chi connectivity index (χ2n) is 9.85. The number of pyridine rings is 1. The Bertz CT molecular complexity index is 1350. The number of halogens is 3. The quantitative estimate of drug-likeness (QED) is 0.457. The average Bonchev–Trinajstić information content (AvgIpc) is 2.87. The SMILES string of the molecule is NC1(c2cccc(-c3ccc(S(=O)(=O)C4CCC(Nc5ccc(C(F)(F)F)cn5)CC4)cc3)c2)COC1. The summed E-state index contributed by atoms with van der Waals surface area (Å²) in [7, 11) is -3.51. The summed E-state index contributed by atoms with van der Waals surface area (Å²) in [6.45, 7) is 0.957. The Morgan fingerprint density at radius 3 is 2.22 bits per heavy atom. The second kappa shape index (κ2) is 9.74. The van der Waals surface area contributed by atoms with Crippen LogP contribution in [0, 0.1) is 0 Å². The number of rotatable bonds is 6. The molecule has 2 fully saturated rings. The smallest absolute Gasteiger partial charge is 0.377 e. The largest absolute Gasteiger partial charge is 0.417 e. The molecule has 1 aliphatic heterocycles. The van der Waals surface area contributed by atoms with Gasteiger partial charge in [0.15, 0.2) is 9.84 Å². The van der Waals surface area contributed by atoms with Crippen LogP contribution < -0.4 is 11.1 Å². The van der Waals surface area contributed by atoms with E-state index < -0.39 is 32.4 Å². The summed E-state index contributed by atoms with van der Waals surface area (Å²) in [5.74, 6) is 0.351. The maximum absolute atomic E-state index is 13.3. The van der Waals surface area contributed by atoms with Crippen LogP contribution in [0.1, 0.15) is 36.8 Å². The lowest BCUT2D eigenvalue weighted by molar-refractivity contribution is -0.137. The monoisotopic (exact) mass is 531 g/mol. The van der Waals surface area contributed by atoms with Gasteiger partial charge in [0.1, 0.15) is 5.82 Å². The number of ether oxygens (including phenoxy) is 1. The molecule has 0 amide bonds. The van der Waals surface area contributed by atoms with Gasteiger partial charge in [-0.2, -0.15) is 13.2 Å². The standard InChI is InChI=1S/C27H28F3N3O3S/c28-27(29,30)21-6-13-25(32-15-21)33-22-7-11-24(12-8-22)37(34,35)23-9-4-18(5-10-23)19-2-1-3-20(14-19)26(31)16-36-17-26/h1-6,9-10,13-15,22,24H,7-8,11-12,16-17,31H2,(H,32,33). The van der Waals surface area contributed by atoms with E-state index in [0.29, 0.717) is 44.7 Å². The van der Waals surface area contributed by atoms with Gasteiger partial charge >= 0.3 is 6.18 Å². The lowest BCUT2D eigenvalue weighted by Gasteiger charge is -2.38. The van der Waals surface area contributed by atoms with Gasteiger partial charge in [-0.15, -0.1) is 0 Å². The van der Waals surface area contributed by atoms with E-state index >= 15 is 0 Å². The van der Waals surface area contributed by atoms with Crippen LogP contribution in [-0.4, -0.2) is 37.9 Å². The Morgan fingerprint density at radius 1 is 0.946 bits per heavy atom. The molecule has 37 heavy (non-hydrogen) atoms. The van der Waals surface area contributed by atoms with Crippen LogP contribution in [0.25, 0.3) is 11.1 Å². The topological polar surface area (TPSA) is 94.3 Å². The van der Waals surface area contributed by atoms with E-state index in [2.05, 4.69) is 10.3 Å². The van der Waals surface area contributed by atoms with E-state index in [0.717, 1.165) is 29.0 Å². The zero-order valence-electron chi connectivity index (χ0n) is 20.0. The van der Waals surface area contributed by atoms with Crippen molar-refractivity contribution in [2.45, 2.75) is 53.6 Å². The van der Waals surface area contributed by atoms with Crippen molar-refractivity contribution < 1.29 is 26.3 Å². The molecule has 3 aromatic rings. The third kappa shape index (κ3) is 5.37. The normalized spacial score (nSPS) is 21.7. The molecule has 0 spiro atoms. The van der Waals surface area contributed by atoms with Gasteiger partial charge in [0, 0.05) is 12.2 Å². The molecule has 1 aliphatic carbocycles. The zero-order valence-corrected chi connectivity index (χ0v) is 20.9. The van der Waals surface area contributed by atoms with Gasteiger partial charge in [-0.05, 0) is 72.7 Å². The van der Waals surface area contributed by atoms with Crippen molar-refractivity contribution in [2.24, 2.45) is 5.73 Å². The minimum absolute atomic E-state index is 0.0442. The first-order valence-electron chi connectivity index (χ1n) is 12.2. The van der Waals surface area contributed by atoms with Crippen molar-refractivity contribution >= 4 is 15.7 Å². The van der Waals surface area contributed by atoms with Crippen molar-refractivity contribution in [2.75, 3.05) is 18.5 Å². The second-order valence-corrected chi connectivity index (χ2v) is 12.1. The Kier molecular flexibility index (Phi) is 6.76. The van der Waals surface area contributed by atoms with E-state index in [1.54, 1.807) is 12.1 Å². The number of nitrogens with one attached hydrogen (secondary N) is 1. The zero-order chi connectivity index (χ0) is 26.3. The van der Waals surface area contributed by atoms with Crippen LogP contribution in [0.2, 0.25) is 0 Å². The number of sulfone groups is 1.